The van der Waals surface area contributed by atoms with Crippen LogP contribution in [0.15, 0.2) is 48.5 Å². The van der Waals surface area contributed by atoms with Gasteiger partial charge in [0.25, 0.3) is 5.91 Å². The molecule has 1 aromatic heterocycles. The highest BCUT2D eigenvalue weighted by Crippen LogP contribution is 2.30. The number of aromatic nitrogens is 2. The number of carbonyl (C=O) groups excluding carboxylic acids is 2. The SMILES string of the molecule is COC(=O)c1ccc(C(=O)Nc2c(C)nn(Cc3cccc(C(F)(F)F)c3)c2C)cc1. The predicted octanol–water partition coefficient (Wildman–Crippen LogP) is 4.61. The second kappa shape index (κ2) is 8.63. The lowest BCUT2D eigenvalue weighted by atomic mass is 10.1. The Morgan fingerprint density at radius 1 is 1.06 bits per heavy atom. The summed E-state index contributed by atoms with van der Waals surface area (Å²) >= 11 is 0. The number of rotatable bonds is 5. The molecule has 9 heteroatoms. The average Bonchev–Trinajstić information content (AvgIpc) is 3.00. The molecule has 0 atom stereocenters. The standard InChI is InChI=1S/C22H20F3N3O3/c1-13-19(26-20(29)16-7-9-17(10-8-16)21(30)31-3)14(2)28(27-13)12-15-5-4-6-18(11-15)22(23,24)25/h4-11H,12H2,1-3H3,(H,26,29). The van der Waals surface area contributed by atoms with E-state index in [0.29, 0.717) is 33.8 Å². The molecule has 0 aliphatic rings. The van der Waals surface area contributed by atoms with Crippen LogP contribution in [0.1, 0.15) is 43.2 Å². The van der Waals surface area contributed by atoms with Crippen LogP contribution in [-0.4, -0.2) is 28.8 Å². The molecule has 0 unspecified atom stereocenters. The van der Waals surface area contributed by atoms with Crippen LogP contribution < -0.4 is 5.32 Å². The number of hydrogen-bond acceptors (Lipinski definition) is 4. The topological polar surface area (TPSA) is 73.2 Å². The molecule has 1 N–H and O–H groups in total. The fourth-order valence-corrected chi connectivity index (χ4v) is 3.11. The summed E-state index contributed by atoms with van der Waals surface area (Å²) in [6, 6.07) is 11.0. The van der Waals surface area contributed by atoms with Gasteiger partial charge in [0.1, 0.15) is 0 Å². The van der Waals surface area contributed by atoms with Gasteiger partial charge in [-0.1, -0.05) is 12.1 Å². The van der Waals surface area contributed by atoms with Crippen LogP contribution in [0.25, 0.3) is 0 Å². The van der Waals surface area contributed by atoms with Crippen molar-refractivity contribution in [1.82, 2.24) is 9.78 Å². The third kappa shape index (κ3) is 4.93. The maximum absolute atomic E-state index is 13.0. The number of methoxy groups -OCH3 is 1. The fraction of sp³-hybridized carbons (Fsp3) is 0.227. The number of benzene rings is 2. The average molecular weight is 431 g/mol. The molecule has 0 saturated heterocycles. The van der Waals surface area contributed by atoms with Crippen molar-refractivity contribution in [2.45, 2.75) is 26.6 Å². The molecule has 1 amide bonds. The molecule has 0 aliphatic heterocycles. The molecule has 162 valence electrons. The number of halogens is 3. The van der Waals surface area contributed by atoms with Crippen LogP contribution in [-0.2, 0) is 17.5 Å². The van der Waals surface area contributed by atoms with E-state index in [1.165, 1.54) is 37.4 Å². The van der Waals surface area contributed by atoms with Crippen molar-refractivity contribution < 1.29 is 27.5 Å². The van der Waals surface area contributed by atoms with E-state index in [-0.39, 0.29) is 6.54 Å². The van der Waals surface area contributed by atoms with E-state index in [0.717, 1.165) is 12.1 Å². The van der Waals surface area contributed by atoms with Crippen molar-refractivity contribution in [3.63, 3.8) is 0 Å². The number of anilines is 1. The maximum Gasteiger partial charge on any atom is 0.416 e. The van der Waals surface area contributed by atoms with Gasteiger partial charge in [-0.25, -0.2) is 4.79 Å². The van der Waals surface area contributed by atoms with E-state index in [9.17, 15) is 22.8 Å². The second-order valence-electron chi connectivity index (χ2n) is 6.92. The Morgan fingerprint density at radius 3 is 2.32 bits per heavy atom. The van der Waals surface area contributed by atoms with Gasteiger partial charge in [0.05, 0.1) is 41.9 Å². The van der Waals surface area contributed by atoms with Gasteiger partial charge >= 0.3 is 12.1 Å². The molecule has 2 aromatic carbocycles. The number of esters is 1. The van der Waals surface area contributed by atoms with Crippen molar-refractivity contribution in [1.29, 1.82) is 0 Å². The van der Waals surface area contributed by atoms with Gasteiger partial charge in [0.2, 0.25) is 0 Å². The van der Waals surface area contributed by atoms with Gasteiger partial charge in [-0.3, -0.25) is 9.48 Å². The summed E-state index contributed by atoms with van der Waals surface area (Å²) in [6.45, 7) is 3.55. The zero-order valence-electron chi connectivity index (χ0n) is 17.1. The Hall–Kier alpha value is -3.62. The molecule has 3 rings (SSSR count). The van der Waals surface area contributed by atoms with Crippen LogP contribution in [0.2, 0.25) is 0 Å². The number of hydrogen-bond donors (Lipinski definition) is 1. The summed E-state index contributed by atoms with van der Waals surface area (Å²) in [6.07, 6.45) is -4.42. The van der Waals surface area contributed by atoms with Gasteiger partial charge in [-0.15, -0.1) is 0 Å². The normalized spacial score (nSPS) is 11.3. The Labute approximate surface area is 176 Å². The summed E-state index contributed by atoms with van der Waals surface area (Å²) in [5.74, 6) is -0.907. The molecule has 0 aliphatic carbocycles. The number of carbonyl (C=O) groups is 2. The van der Waals surface area contributed by atoms with Crippen LogP contribution in [0, 0.1) is 13.8 Å². The highest BCUT2D eigenvalue weighted by molar-refractivity contribution is 6.05. The molecule has 0 spiro atoms. The van der Waals surface area contributed by atoms with Gasteiger partial charge in [-0.2, -0.15) is 18.3 Å². The summed E-state index contributed by atoms with van der Waals surface area (Å²) in [4.78, 5) is 24.1. The quantitative estimate of drug-likeness (QED) is 0.599. The lowest BCUT2D eigenvalue weighted by molar-refractivity contribution is -0.137. The van der Waals surface area contributed by atoms with E-state index in [4.69, 9.17) is 0 Å². The predicted molar refractivity (Wildman–Crippen MR) is 108 cm³/mol. The van der Waals surface area contributed by atoms with Gasteiger partial charge in [0, 0.05) is 5.56 Å². The Balaban J connectivity index is 1.79. The number of ether oxygens (including phenoxy) is 1. The molecule has 31 heavy (non-hydrogen) atoms. The first-order valence-corrected chi connectivity index (χ1v) is 9.30. The Bertz CT molecular complexity index is 1120. The number of alkyl halides is 3. The first-order valence-electron chi connectivity index (χ1n) is 9.30. The van der Waals surface area contributed by atoms with Gasteiger partial charge in [-0.05, 0) is 55.8 Å². The summed E-state index contributed by atoms with van der Waals surface area (Å²) in [5.41, 5.74) is 1.98. The largest absolute Gasteiger partial charge is 0.465 e. The van der Waals surface area contributed by atoms with Crippen LogP contribution in [0.5, 0.6) is 0 Å². The first-order chi connectivity index (χ1) is 14.6. The lowest BCUT2D eigenvalue weighted by Gasteiger charge is -2.10. The van der Waals surface area contributed by atoms with Crippen molar-refractivity contribution in [3.05, 3.63) is 82.2 Å². The molecule has 6 nitrogen and oxygen atoms in total. The van der Waals surface area contributed by atoms with Crippen LogP contribution in [0.4, 0.5) is 18.9 Å². The van der Waals surface area contributed by atoms with E-state index in [2.05, 4.69) is 15.2 Å². The molecule has 0 saturated carbocycles. The molecular formula is C22H20F3N3O3. The highest BCUT2D eigenvalue weighted by atomic mass is 19.4. The minimum atomic E-state index is -4.42. The van der Waals surface area contributed by atoms with Crippen molar-refractivity contribution in [3.8, 4) is 0 Å². The van der Waals surface area contributed by atoms with E-state index < -0.39 is 23.6 Å². The molecule has 1 heterocycles. The minimum Gasteiger partial charge on any atom is -0.465 e. The van der Waals surface area contributed by atoms with Gasteiger partial charge < -0.3 is 10.1 Å². The molecule has 3 aromatic rings. The van der Waals surface area contributed by atoms with Gasteiger partial charge in [0.15, 0.2) is 0 Å². The summed E-state index contributed by atoms with van der Waals surface area (Å²) in [7, 11) is 1.27. The number of nitrogens with zero attached hydrogens (tertiary/aromatic N) is 2. The minimum absolute atomic E-state index is 0.125. The summed E-state index contributed by atoms with van der Waals surface area (Å²) < 4.78 is 45.0. The highest BCUT2D eigenvalue weighted by Gasteiger charge is 2.30. The van der Waals surface area contributed by atoms with E-state index in [1.54, 1.807) is 24.6 Å². The maximum atomic E-state index is 13.0. The molecule has 0 fully saturated rings. The third-order valence-corrected chi connectivity index (χ3v) is 4.77. The Kier molecular flexibility index (Phi) is 6.14. The zero-order chi connectivity index (χ0) is 22.8. The van der Waals surface area contributed by atoms with E-state index >= 15 is 0 Å². The monoisotopic (exact) mass is 431 g/mol. The molecular weight excluding hydrogens is 411 g/mol. The summed E-state index contributed by atoms with van der Waals surface area (Å²) in [5, 5.41) is 7.13. The first kappa shape index (κ1) is 22.1. The third-order valence-electron chi connectivity index (χ3n) is 4.77. The molecule has 0 radical (unpaired) electrons. The number of nitrogens with one attached hydrogen (secondary N) is 1. The van der Waals surface area contributed by atoms with Crippen LogP contribution in [0.3, 0.4) is 0 Å². The van der Waals surface area contributed by atoms with Crippen LogP contribution >= 0.6 is 0 Å². The second-order valence-corrected chi connectivity index (χ2v) is 6.92. The van der Waals surface area contributed by atoms with Crippen molar-refractivity contribution >= 4 is 17.6 Å². The van der Waals surface area contributed by atoms with Crippen molar-refractivity contribution in [2.75, 3.05) is 12.4 Å². The van der Waals surface area contributed by atoms with E-state index in [1.807, 2.05) is 0 Å². The number of amides is 1. The fourth-order valence-electron chi connectivity index (χ4n) is 3.11. The Morgan fingerprint density at radius 2 is 1.71 bits per heavy atom. The molecule has 0 bridgehead atoms. The van der Waals surface area contributed by atoms with Crippen molar-refractivity contribution in [2.24, 2.45) is 0 Å². The smallest absolute Gasteiger partial charge is 0.416 e. The number of aryl methyl sites for hydroxylation is 1. The zero-order valence-corrected chi connectivity index (χ0v) is 17.1. The lowest BCUT2D eigenvalue weighted by Crippen LogP contribution is -2.14.